The molecule has 2 aliphatic heterocycles. The molecule has 4 aliphatic rings. The van der Waals surface area contributed by atoms with Crippen molar-refractivity contribution in [2.75, 3.05) is 33.9 Å². The smallest absolute Gasteiger partial charge is 0.407 e. The van der Waals surface area contributed by atoms with Crippen LogP contribution in [-0.2, 0) is 31.9 Å². The topological polar surface area (TPSA) is 192 Å². The van der Waals surface area contributed by atoms with Crippen LogP contribution >= 0.6 is 0 Å². The van der Waals surface area contributed by atoms with E-state index in [1.54, 1.807) is 4.90 Å². The zero-order chi connectivity index (χ0) is 46.1. The van der Waals surface area contributed by atoms with E-state index >= 15 is 0 Å². The first-order valence-corrected chi connectivity index (χ1v) is 23.6. The van der Waals surface area contributed by atoms with Crippen LogP contribution in [-0.4, -0.2) is 93.6 Å². The van der Waals surface area contributed by atoms with Crippen molar-refractivity contribution >= 4 is 34.9 Å². The number of methoxy groups -OCH3 is 2. The molecule has 0 bridgehead atoms. The lowest BCUT2D eigenvalue weighted by atomic mass is 9.82. The summed E-state index contributed by atoms with van der Waals surface area (Å²) in [6.45, 7) is 4.73. The van der Waals surface area contributed by atoms with Gasteiger partial charge in [0, 0.05) is 13.1 Å². The summed E-state index contributed by atoms with van der Waals surface area (Å²) in [6, 6.07) is 17.7. The second-order valence-corrected chi connectivity index (χ2v) is 19.0. The molecular weight excluding hydrogens is 837 g/mol. The summed E-state index contributed by atoms with van der Waals surface area (Å²) in [7, 11) is 2.55. The number of aromatic nitrogens is 4. The van der Waals surface area contributed by atoms with Crippen molar-refractivity contribution in [2.24, 2.45) is 11.3 Å². The van der Waals surface area contributed by atoms with E-state index in [-0.39, 0.29) is 41.3 Å². The molecule has 9 rings (SSSR count). The monoisotopic (exact) mass is 896 g/mol. The van der Waals surface area contributed by atoms with E-state index < -0.39 is 24.3 Å². The Morgan fingerprint density at radius 1 is 0.758 bits per heavy atom. The lowest BCUT2D eigenvalue weighted by Gasteiger charge is -2.37. The Hall–Kier alpha value is -6.51. The van der Waals surface area contributed by atoms with Gasteiger partial charge >= 0.3 is 12.2 Å². The number of hydrogen-bond donors (Lipinski definition) is 4. The minimum absolute atomic E-state index is 0.117. The number of piperidine rings is 2. The van der Waals surface area contributed by atoms with E-state index in [0.29, 0.717) is 36.2 Å². The first-order valence-electron chi connectivity index (χ1n) is 23.6. The van der Waals surface area contributed by atoms with Gasteiger partial charge in [-0.2, -0.15) is 0 Å². The van der Waals surface area contributed by atoms with Crippen molar-refractivity contribution < 1.29 is 28.7 Å². The zero-order valence-electron chi connectivity index (χ0n) is 38.3. The van der Waals surface area contributed by atoms with E-state index in [4.69, 9.17) is 14.7 Å². The van der Waals surface area contributed by atoms with Crippen LogP contribution in [0, 0.1) is 11.3 Å². The quantitative estimate of drug-likeness (QED) is 0.107. The molecule has 2 saturated heterocycles. The molecule has 66 heavy (non-hydrogen) atoms. The number of aromatic amines is 2. The predicted molar refractivity (Wildman–Crippen MR) is 250 cm³/mol. The molecule has 2 aromatic heterocycles. The van der Waals surface area contributed by atoms with Crippen LogP contribution < -0.4 is 16.2 Å². The molecule has 346 valence electrons. The van der Waals surface area contributed by atoms with Gasteiger partial charge in [-0.15, -0.1) is 0 Å². The molecule has 15 nitrogen and oxygen atoms in total. The SMILES string of the molecule is COC(=O)NCC(=O)N1CCCC[C@H]1c1nc2ccc(-c3ccc(-c4ccc(-c5cnc([C@@H]6CCCCN6C(=O)[C@@H](NC(=O)OC)C(C)C)[nH]5)cc4)c4c3CC3(CCCC3)C4)cc2c(=O)[nH]1. The van der Waals surface area contributed by atoms with Crippen LogP contribution in [0.5, 0.6) is 0 Å². The van der Waals surface area contributed by atoms with Gasteiger partial charge < -0.3 is 39.9 Å². The molecule has 3 aromatic carbocycles. The number of fused-ring (bicyclic) bond motifs is 2. The van der Waals surface area contributed by atoms with Gasteiger partial charge in [0.25, 0.3) is 5.56 Å². The number of alkyl carbamates (subject to hydrolysis) is 2. The second-order valence-electron chi connectivity index (χ2n) is 19.0. The van der Waals surface area contributed by atoms with Crippen molar-refractivity contribution in [3.05, 3.63) is 93.9 Å². The van der Waals surface area contributed by atoms with Gasteiger partial charge in [-0.1, -0.05) is 69.2 Å². The maximum atomic E-state index is 13.9. The third-order valence-corrected chi connectivity index (χ3v) is 14.5. The van der Waals surface area contributed by atoms with Gasteiger partial charge in [-0.25, -0.2) is 19.6 Å². The molecule has 1 spiro atoms. The van der Waals surface area contributed by atoms with Crippen LogP contribution in [0.15, 0.2) is 65.6 Å². The Balaban J connectivity index is 0.975. The first-order chi connectivity index (χ1) is 32.0. The summed E-state index contributed by atoms with van der Waals surface area (Å²) >= 11 is 0. The molecule has 5 aromatic rings. The van der Waals surface area contributed by atoms with Crippen molar-refractivity contribution in [3.63, 3.8) is 0 Å². The highest BCUT2D eigenvalue weighted by molar-refractivity contribution is 5.88. The van der Waals surface area contributed by atoms with Crippen molar-refractivity contribution in [1.82, 2.24) is 40.4 Å². The number of amides is 4. The Labute approximate surface area is 384 Å². The normalized spacial score (nSPS) is 19.5. The predicted octanol–water partition coefficient (Wildman–Crippen LogP) is 8.15. The van der Waals surface area contributed by atoms with Crippen LogP contribution in [0.4, 0.5) is 9.59 Å². The molecule has 2 aliphatic carbocycles. The number of carbonyl (C=O) groups is 4. The second kappa shape index (κ2) is 18.8. The number of nitrogens with one attached hydrogen (secondary N) is 4. The number of hydrogen-bond acceptors (Lipinski definition) is 9. The third kappa shape index (κ3) is 8.79. The van der Waals surface area contributed by atoms with E-state index in [9.17, 15) is 24.0 Å². The van der Waals surface area contributed by atoms with Crippen molar-refractivity contribution in [1.29, 1.82) is 0 Å². The average molecular weight is 897 g/mol. The minimum atomic E-state index is -0.702. The summed E-state index contributed by atoms with van der Waals surface area (Å²) in [5, 5.41) is 5.71. The summed E-state index contributed by atoms with van der Waals surface area (Å²) < 4.78 is 9.46. The summed E-state index contributed by atoms with van der Waals surface area (Å²) in [4.78, 5) is 84.5. The largest absolute Gasteiger partial charge is 0.453 e. The number of nitrogens with zero attached hydrogens (tertiary/aromatic N) is 4. The van der Waals surface area contributed by atoms with Gasteiger partial charge in [0.2, 0.25) is 11.8 Å². The van der Waals surface area contributed by atoms with Crippen LogP contribution in [0.25, 0.3) is 44.4 Å². The van der Waals surface area contributed by atoms with E-state index in [1.807, 2.05) is 37.1 Å². The van der Waals surface area contributed by atoms with Crippen LogP contribution in [0.1, 0.15) is 113 Å². The molecule has 1 saturated carbocycles. The lowest BCUT2D eigenvalue weighted by Crippen LogP contribution is -2.53. The highest BCUT2D eigenvalue weighted by Crippen LogP contribution is 2.53. The van der Waals surface area contributed by atoms with Crippen molar-refractivity contribution in [3.8, 4) is 33.5 Å². The standard InChI is InChI=1S/C51H60N8O7/c1-30(2)44(56-50(64)66-4)48(62)59-24-10-6-11-41(59)45-52-28-40(55-45)32-15-13-31(14-16-32)34-18-19-35(38-27-51(26-37(34)38)21-7-8-22-51)33-17-20-39-36(25-33)47(61)57-46(54-39)42-12-5-9-23-58(42)43(60)29-53-49(63)65-3/h13-20,25,28,30,41-42,44H,5-12,21-24,26-27,29H2,1-4H3,(H,52,55)(H,53,63)(H,56,64)(H,54,57,61)/t41-,42-,44-/m0/s1. The molecule has 0 unspecified atom stereocenters. The fraction of sp³-hybridized carbons (Fsp3) is 0.471. The molecule has 4 heterocycles. The molecule has 0 radical (unpaired) electrons. The third-order valence-electron chi connectivity index (χ3n) is 14.5. The van der Waals surface area contributed by atoms with E-state index in [0.717, 1.165) is 78.7 Å². The van der Waals surface area contributed by atoms with Gasteiger partial charge in [-0.3, -0.25) is 14.4 Å². The van der Waals surface area contributed by atoms with Gasteiger partial charge in [0.1, 0.15) is 24.2 Å². The van der Waals surface area contributed by atoms with Gasteiger partial charge in [-0.05, 0) is 127 Å². The molecular formula is C51H60N8O7. The zero-order valence-corrected chi connectivity index (χ0v) is 38.3. The van der Waals surface area contributed by atoms with Crippen molar-refractivity contribution in [2.45, 2.75) is 109 Å². The van der Waals surface area contributed by atoms with E-state index in [2.05, 4.69) is 67.8 Å². The summed E-state index contributed by atoms with van der Waals surface area (Å²) in [5.41, 5.74) is 9.64. The Bertz CT molecular complexity index is 2700. The van der Waals surface area contributed by atoms with Gasteiger partial charge in [0.05, 0.1) is 49.1 Å². The average Bonchev–Trinajstić information content (AvgIpc) is 4.12. The maximum Gasteiger partial charge on any atom is 0.407 e. The highest BCUT2D eigenvalue weighted by atomic mass is 16.5. The Morgan fingerprint density at radius 3 is 2.05 bits per heavy atom. The molecule has 3 atom stereocenters. The fourth-order valence-electron chi connectivity index (χ4n) is 11.1. The minimum Gasteiger partial charge on any atom is -0.453 e. The summed E-state index contributed by atoms with van der Waals surface area (Å²) in [5.74, 6) is 0.682. The highest BCUT2D eigenvalue weighted by Gasteiger charge is 2.42. The van der Waals surface area contributed by atoms with Crippen LogP contribution in [0.3, 0.4) is 0 Å². The summed E-state index contributed by atoms with van der Waals surface area (Å²) in [6.07, 6.45) is 12.5. The first kappa shape index (κ1) is 44.7. The fourth-order valence-corrected chi connectivity index (χ4v) is 11.1. The lowest BCUT2D eigenvalue weighted by molar-refractivity contribution is -0.138. The molecule has 4 amide bonds. The number of imidazole rings is 1. The Kier molecular flexibility index (Phi) is 12.7. The molecule has 4 N–H and O–H groups in total. The number of benzene rings is 3. The van der Waals surface area contributed by atoms with E-state index in [1.165, 1.54) is 56.6 Å². The maximum absolute atomic E-state index is 13.9. The molecule has 15 heteroatoms. The number of likely N-dealkylation sites (tertiary alicyclic amines) is 2. The number of H-pyrrole nitrogens is 2. The molecule has 3 fully saturated rings. The Morgan fingerprint density at radius 2 is 1.38 bits per heavy atom. The number of carbonyl (C=O) groups excluding carboxylic acids is 4. The van der Waals surface area contributed by atoms with Gasteiger partial charge in [0.15, 0.2) is 0 Å². The number of rotatable bonds is 10. The number of ether oxygens (including phenoxy) is 2. The van der Waals surface area contributed by atoms with Crippen LogP contribution in [0.2, 0.25) is 0 Å².